The van der Waals surface area contributed by atoms with Crippen molar-refractivity contribution in [1.82, 2.24) is 4.57 Å². The lowest BCUT2D eigenvalue weighted by molar-refractivity contribution is 0.734. The molecule has 12 rings (SSSR count). The maximum absolute atomic E-state index is 2.52. The molecule has 70 heavy (non-hydrogen) atoms. The van der Waals surface area contributed by atoms with Crippen molar-refractivity contribution >= 4 is 51.1 Å². The standard InChI is InChI=1S/C67H57N3/c1-48-21-33-62(34-22-48)70-66-20-12-11-19-64(66)65-46-45-63(47-67(65)70)69(60-41-27-54(28-42-60)51-17-9-4-10-18-51)61-43-31-56(32-44-61)55-29-39-59(40-30-55)68(57-35-23-52(24-36-57)49-13-5-2-6-14-49)58-37-25-53(26-38-58)50-15-7-3-8-16-50/h2-3,5-9,12-18,20-21,23-27,29-41,43-48H,4,10-11,19,22,28,42H2,1H3. The third-order valence-corrected chi connectivity index (χ3v) is 14.6. The fourth-order valence-corrected chi connectivity index (χ4v) is 10.8. The molecule has 0 fully saturated rings. The molecule has 4 aliphatic carbocycles. The predicted octanol–water partition coefficient (Wildman–Crippen LogP) is 18.5. The van der Waals surface area contributed by atoms with E-state index in [1.165, 1.54) is 83.8 Å². The third-order valence-electron chi connectivity index (χ3n) is 14.6. The highest BCUT2D eigenvalue weighted by Crippen LogP contribution is 2.43. The van der Waals surface area contributed by atoms with Gasteiger partial charge in [0.05, 0.1) is 5.52 Å². The Balaban J connectivity index is 0.893. The molecule has 1 atom stereocenters. The van der Waals surface area contributed by atoms with E-state index in [1.807, 2.05) is 0 Å². The third kappa shape index (κ3) is 8.54. The van der Waals surface area contributed by atoms with Crippen molar-refractivity contribution in [3.05, 3.63) is 259 Å². The summed E-state index contributed by atoms with van der Waals surface area (Å²) in [5.41, 5.74) is 22.3. The van der Waals surface area contributed by atoms with Crippen LogP contribution in [-0.4, -0.2) is 4.57 Å². The first-order valence-electron chi connectivity index (χ1n) is 25.2. The number of benzene rings is 7. The summed E-state index contributed by atoms with van der Waals surface area (Å²) in [5.74, 6) is 0.557. The summed E-state index contributed by atoms with van der Waals surface area (Å²) in [6, 6.07) is 64.5. The molecule has 1 aromatic heterocycles. The lowest BCUT2D eigenvalue weighted by Crippen LogP contribution is -2.18. The van der Waals surface area contributed by atoms with Gasteiger partial charge in [0, 0.05) is 50.9 Å². The first kappa shape index (κ1) is 43.2. The molecule has 0 saturated carbocycles. The number of hydrogen-bond acceptors (Lipinski definition) is 2. The number of nitrogens with zero attached hydrogens (tertiary/aromatic N) is 3. The van der Waals surface area contributed by atoms with Gasteiger partial charge in [-0.15, -0.1) is 0 Å². The van der Waals surface area contributed by atoms with Crippen molar-refractivity contribution < 1.29 is 0 Å². The monoisotopic (exact) mass is 903 g/mol. The largest absolute Gasteiger partial charge is 0.314 e. The van der Waals surface area contributed by atoms with Gasteiger partial charge in [0.2, 0.25) is 0 Å². The Morgan fingerprint density at radius 2 is 1.00 bits per heavy atom. The number of fused-ring (bicyclic) bond motifs is 3. The quantitative estimate of drug-likeness (QED) is 0.128. The van der Waals surface area contributed by atoms with Gasteiger partial charge in [0.1, 0.15) is 0 Å². The highest BCUT2D eigenvalue weighted by molar-refractivity contribution is 5.96. The fraction of sp³-hybridized carbons (Fsp3) is 0.134. The van der Waals surface area contributed by atoms with Gasteiger partial charge in [-0.25, -0.2) is 0 Å². The molecule has 340 valence electrons. The lowest BCUT2D eigenvalue weighted by atomic mass is 9.91. The number of rotatable bonds is 11. The Labute approximate surface area is 413 Å². The molecule has 0 spiro atoms. The summed E-state index contributed by atoms with van der Waals surface area (Å²) in [5, 5.41) is 1.36. The van der Waals surface area contributed by atoms with Crippen LogP contribution in [0.15, 0.2) is 247 Å². The van der Waals surface area contributed by atoms with Crippen molar-refractivity contribution in [2.24, 2.45) is 5.92 Å². The molecule has 0 aliphatic heterocycles. The Morgan fingerprint density at radius 3 is 1.51 bits per heavy atom. The Kier molecular flexibility index (Phi) is 11.8. The zero-order valence-electron chi connectivity index (χ0n) is 39.9. The molecule has 8 aromatic rings. The van der Waals surface area contributed by atoms with Gasteiger partial charge in [-0.3, -0.25) is 0 Å². The minimum absolute atomic E-state index is 0.557. The Morgan fingerprint density at radius 1 is 0.457 bits per heavy atom. The minimum atomic E-state index is 0.557. The maximum atomic E-state index is 2.52. The second-order valence-corrected chi connectivity index (χ2v) is 19.1. The highest BCUT2D eigenvalue weighted by atomic mass is 15.2. The van der Waals surface area contributed by atoms with Crippen molar-refractivity contribution in [2.45, 2.75) is 51.9 Å². The van der Waals surface area contributed by atoms with Crippen molar-refractivity contribution in [3.63, 3.8) is 0 Å². The molecule has 0 N–H and O–H groups in total. The Bertz CT molecular complexity index is 3330. The van der Waals surface area contributed by atoms with E-state index in [0.717, 1.165) is 67.7 Å². The molecule has 0 radical (unpaired) electrons. The number of anilines is 5. The summed E-state index contributed by atoms with van der Waals surface area (Å²) in [4.78, 5) is 4.86. The second kappa shape index (κ2) is 19.1. The van der Waals surface area contributed by atoms with E-state index >= 15 is 0 Å². The number of aromatic nitrogens is 1. The summed E-state index contributed by atoms with van der Waals surface area (Å²) in [7, 11) is 0. The van der Waals surface area contributed by atoms with Crippen LogP contribution in [0.4, 0.5) is 28.4 Å². The zero-order chi connectivity index (χ0) is 46.8. The maximum Gasteiger partial charge on any atom is 0.0558 e. The van der Waals surface area contributed by atoms with E-state index in [2.05, 4.69) is 258 Å². The van der Waals surface area contributed by atoms with Crippen LogP contribution in [-0.2, 0) is 6.42 Å². The molecule has 1 unspecified atom stereocenters. The van der Waals surface area contributed by atoms with Gasteiger partial charge in [0.15, 0.2) is 0 Å². The predicted molar refractivity (Wildman–Crippen MR) is 298 cm³/mol. The van der Waals surface area contributed by atoms with Crippen LogP contribution in [0.1, 0.15) is 56.7 Å². The van der Waals surface area contributed by atoms with Crippen LogP contribution in [0, 0.1) is 5.92 Å². The normalized spacial score (nSPS) is 16.3. The van der Waals surface area contributed by atoms with Gasteiger partial charge in [0.25, 0.3) is 0 Å². The first-order valence-corrected chi connectivity index (χ1v) is 25.2. The van der Waals surface area contributed by atoms with Crippen LogP contribution in [0.25, 0.3) is 56.1 Å². The van der Waals surface area contributed by atoms with Gasteiger partial charge in [-0.2, -0.15) is 0 Å². The van der Waals surface area contributed by atoms with E-state index in [0.29, 0.717) is 5.92 Å². The molecule has 3 nitrogen and oxygen atoms in total. The Hall–Kier alpha value is -8.14. The number of aryl methyl sites for hydroxylation is 1. The smallest absolute Gasteiger partial charge is 0.0558 e. The van der Waals surface area contributed by atoms with Crippen molar-refractivity contribution in [2.75, 3.05) is 9.80 Å². The number of hydrogen-bond donors (Lipinski definition) is 0. The molecule has 0 saturated heterocycles. The van der Waals surface area contributed by atoms with Crippen molar-refractivity contribution in [1.29, 1.82) is 0 Å². The summed E-state index contributed by atoms with van der Waals surface area (Å²) >= 11 is 0. The van der Waals surface area contributed by atoms with E-state index < -0.39 is 0 Å². The number of allylic oxidation sites excluding steroid dienone is 13. The average molecular weight is 904 g/mol. The summed E-state index contributed by atoms with van der Waals surface area (Å²) < 4.78 is 2.52. The SMILES string of the molecule is CC1C=CC(n2c3c(c4ccc(N(C5=CC=C(C6=CCCC=C6)CC5)c5ccc(-c6ccc(N(c7ccc(-c8ccccc8)cc7)c7ccc(-c8ccccc8)cc7)cc6)cc5)cc42)CCC=C3)=CC1. The van der Waals surface area contributed by atoms with Crippen LogP contribution in [0.2, 0.25) is 0 Å². The second-order valence-electron chi connectivity index (χ2n) is 19.1. The molecule has 0 bridgehead atoms. The van der Waals surface area contributed by atoms with Gasteiger partial charge in [-0.1, -0.05) is 165 Å². The topological polar surface area (TPSA) is 11.4 Å². The van der Waals surface area contributed by atoms with E-state index in [-0.39, 0.29) is 0 Å². The van der Waals surface area contributed by atoms with E-state index in [9.17, 15) is 0 Å². The summed E-state index contributed by atoms with van der Waals surface area (Å²) in [6.45, 7) is 2.30. The van der Waals surface area contributed by atoms with E-state index in [4.69, 9.17) is 0 Å². The van der Waals surface area contributed by atoms with Crippen molar-refractivity contribution in [3.8, 4) is 33.4 Å². The zero-order valence-corrected chi connectivity index (χ0v) is 39.9. The van der Waals surface area contributed by atoms with Gasteiger partial charge >= 0.3 is 0 Å². The molecule has 3 heteroatoms. The van der Waals surface area contributed by atoms with E-state index in [1.54, 1.807) is 0 Å². The van der Waals surface area contributed by atoms with Gasteiger partial charge in [-0.05, 0) is 180 Å². The highest BCUT2D eigenvalue weighted by Gasteiger charge is 2.24. The van der Waals surface area contributed by atoms with Crippen LogP contribution in [0.5, 0.6) is 0 Å². The molecular formula is C67H57N3. The van der Waals surface area contributed by atoms with Crippen LogP contribution >= 0.6 is 0 Å². The average Bonchev–Trinajstić information content (AvgIpc) is 3.76. The lowest BCUT2D eigenvalue weighted by Gasteiger charge is -2.30. The van der Waals surface area contributed by atoms with Gasteiger partial charge < -0.3 is 14.4 Å². The molecule has 1 heterocycles. The molecular weight excluding hydrogens is 847 g/mol. The first-order chi connectivity index (χ1) is 34.6. The molecule has 4 aliphatic rings. The minimum Gasteiger partial charge on any atom is -0.314 e. The van der Waals surface area contributed by atoms with Crippen LogP contribution < -0.4 is 9.80 Å². The summed E-state index contributed by atoms with van der Waals surface area (Å²) in [6.07, 6.45) is 31.0. The molecule has 7 aromatic carbocycles. The fourth-order valence-electron chi connectivity index (χ4n) is 10.8. The van der Waals surface area contributed by atoms with Crippen LogP contribution in [0.3, 0.4) is 0 Å². The molecule has 0 amide bonds.